The molecule has 0 aromatic carbocycles. The molecule has 102 valence electrons. The van der Waals surface area contributed by atoms with Gasteiger partial charge in [-0.3, -0.25) is 11.3 Å². The average molecular weight is 244 g/mol. The van der Waals surface area contributed by atoms with Gasteiger partial charge in [0.1, 0.15) is 0 Å². The summed E-state index contributed by atoms with van der Waals surface area (Å²) in [5, 5.41) is 0. The molecule has 1 fully saturated rings. The third-order valence-corrected chi connectivity index (χ3v) is 4.15. The van der Waals surface area contributed by atoms with Crippen molar-refractivity contribution in [2.45, 2.75) is 70.1 Å². The third kappa shape index (κ3) is 4.21. The Kier molecular flexibility index (Phi) is 6.41. The van der Waals surface area contributed by atoms with E-state index in [-0.39, 0.29) is 11.6 Å². The van der Waals surface area contributed by atoms with Gasteiger partial charge in [-0.15, -0.1) is 0 Å². The van der Waals surface area contributed by atoms with E-state index in [1.807, 2.05) is 0 Å². The molecule has 0 aliphatic carbocycles. The Morgan fingerprint density at radius 2 is 2.35 bits per heavy atom. The second kappa shape index (κ2) is 7.31. The molecular formula is C13H28N2O2. The smallest absolute Gasteiger partial charge is 0.0813 e. The Balaban J connectivity index is 2.30. The van der Waals surface area contributed by atoms with E-state index in [0.717, 1.165) is 32.3 Å². The third-order valence-electron chi connectivity index (χ3n) is 4.15. The standard InChI is InChI=1S/C13H28N2O2/c1-4-13(2,16-3)12(15-14)9-5-7-11-8-6-10-17-11/h11-12,15H,4-10,14H2,1-3H3. The van der Waals surface area contributed by atoms with Crippen LogP contribution in [0.5, 0.6) is 0 Å². The lowest BCUT2D eigenvalue weighted by Gasteiger charge is -2.35. The molecule has 0 aromatic heterocycles. The van der Waals surface area contributed by atoms with Gasteiger partial charge in [0.25, 0.3) is 0 Å². The number of methoxy groups -OCH3 is 1. The van der Waals surface area contributed by atoms with Crippen LogP contribution in [-0.4, -0.2) is 31.5 Å². The van der Waals surface area contributed by atoms with Crippen LogP contribution in [0.2, 0.25) is 0 Å². The molecular weight excluding hydrogens is 216 g/mol. The topological polar surface area (TPSA) is 56.5 Å². The number of ether oxygens (including phenoxy) is 2. The molecule has 4 nitrogen and oxygen atoms in total. The molecule has 0 radical (unpaired) electrons. The number of rotatable bonds is 8. The van der Waals surface area contributed by atoms with Crippen molar-refractivity contribution < 1.29 is 9.47 Å². The van der Waals surface area contributed by atoms with E-state index in [4.69, 9.17) is 15.3 Å². The van der Waals surface area contributed by atoms with Gasteiger partial charge in [-0.2, -0.15) is 0 Å². The Bertz CT molecular complexity index is 202. The maximum atomic E-state index is 5.64. The van der Waals surface area contributed by atoms with Crippen molar-refractivity contribution in [2.75, 3.05) is 13.7 Å². The summed E-state index contributed by atoms with van der Waals surface area (Å²) in [7, 11) is 1.76. The van der Waals surface area contributed by atoms with Gasteiger partial charge in [0.05, 0.1) is 11.7 Å². The first-order valence-electron chi connectivity index (χ1n) is 6.79. The maximum Gasteiger partial charge on any atom is 0.0813 e. The van der Waals surface area contributed by atoms with Crippen LogP contribution >= 0.6 is 0 Å². The highest BCUT2D eigenvalue weighted by Crippen LogP contribution is 2.24. The highest BCUT2D eigenvalue weighted by Gasteiger charge is 2.31. The van der Waals surface area contributed by atoms with Gasteiger partial charge >= 0.3 is 0 Å². The molecule has 1 aliphatic heterocycles. The van der Waals surface area contributed by atoms with Crippen molar-refractivity contribution in [3.05, 3.63) is 0 Å². The first kappa shape index (κ1) is 14.9. The molecule has 1 rings (SSSR count). The molecule has 0 bridgehead atoms. The van der Waals surface area contributed by atoms with Crippen molar-refractivity contribution in [3.8, 4) is 0 Å². The maximum absolute atomic E-state index is 5.64. The summed E-state index contributed by atoms with van der Waals surface area (Å²) in [6.45, 7) is 5.19. The predicted molar refractivity (Wildman–Crippen MR) is 69.6 cm³/mol. The number of nitrogens with one attached hydrogen (secondary N) is 1. The van der Waals surface area contributed by atoms with Crippen molar-refractivity contribution in [3.63, 3.8) is 0 Å². The molecule has 1 aliphatic rings. The van der Waals surface area contributed by atoms with Crippen LogP contribution in [0.1, 0.15) is 52.4 Å². The van der Waals surface area contributed by atoms with Crippen molar-refractivity contribution in [1.29, 1.82) is 0 Å². The van der Waals surface area contributed by atoms with Gasteiger partial charge in [0.15, 0.2) is 0 Å². The fourth-order valence-corrected chi connectivity index (χ4v) is 2.52. The molecule has 4 heteroatoms. The molecule has 0 spiro atoms. The van der Waals surface area contributed by atoms with Crippen LogP contribution in [0.25, 0.3) is 0 Å². The van der Waals surface area contributed by atoms with Crippen molar-refractivity contribution in [2.24, 2.45) is 5.84 Å². The molecule has 3 atom stereocenters. The molecule has 3 unspecified atom stereocenters. The molecule has 0 saturated carbocycles. The fourth-order valence-electron chi connectivity index (χ4n) is 2.52. The summed E-state index contributed by atoms with van der Waals surface area (Å²) in [6, 6.07) is 0.207. The first-order chi connectivity index (χ1) is 8.16. The second-order valence-corrected chi connectivity index (χ2v) is 5.16. The van der Waals surface area contributed by atoms with E-state index in [1.54, 1.807) is 7.11 Å². The lowest BCUT2D eigenvalue weighted by atomic mass is 9.89. The predicted octanol–water partition coefficient (Wildman–Crippen LogP) is 1.98. The van der Waals surface area contributed by atoms with Crippen LogP contribution in [0, 0.1) is 0 Å². The number of hydrogen-bond donors (Lipinski definition) is 2. The monoisotopic (exact) mass is 244 g/mol. The van der Waals surface area contributed by atoms with Crippen LogP contribution in [-0.2, 0) is 9.47 Å². The summed E-state index contributed by atoms with van der Waals surface area (Å²) >= 11 is 0. The number of nitrogens with two attached hydrogens (primary N) is 1. The van der Waals surface area contributed by atoms with Crippen molar-refractivity contribution in [1.82, 2.24) is 5.43 Å². The summed E-state index contributed by atoms with van der Waals surface area (Å²) in [5.41, 5.74) is 2.73. The van der Waals surface area contributed by atoms with E-state index < -0.39 is 0 Å². The summed E-state index contributed by atoms with van der Waals surface area (Å²) in [4.78, 5) is 0. The van der Waals surface area contributed by atoms with Gasteiger partial charge in [-0.1, -0.05) is 6.92 Å². The molecule has 17 heavy (non-hydrogen) atoms. The summed E-state index contributed by atoms with van der Waals surface area (Å²) in [5.74, 6) is 5.64. The van der Waals surface area contributed by atoms with Crippen LogP contribution in [0.15, 0.2) is 0 Å². The first-order valence-corrected chi connectivity index (χ1v) is 6.79. The molecule has 3 N–H and O–H groups in total. The molecule has 1 saturated heterocycles. The number of hydrazine groups is 1. The SMILES string of the molecule is CCC(C)(OC)C(CCCC1CCCO1)NN. The van der Waals surface area contributed by atoms with Gasteiger partial charge in [-0.05, 0) is 45.4 Å². The largest absolute Gasteiger partial charge is 0.378 e. The Morgan fingerprint density at radius 1 is 1.59 bits per heavy atom. The zero-order valence-corrected chi connectivity index (χ0v) is 11.5. The van der Waals surface area contributed by atoms with E-state index in [1.165, 1.54) is 12.8 Å². The summed E-state index contributed by atoms with van der Waals surface area (Å²) in [6.07, 6.45) is 7.18. The Hall–Kier alpha value is -0.160. The summed E-state index contributed by atoms with van der Waals surface area (Å²) < 4.78 is 11.2. The van der Waals surface area contributed by atoms with Crippen LogP contribution < -0.4 is 11.3 Å². The molecule has 1 heterocycles. The minimum Gasteiger partial charge on any atom is -0.378 e. The van der Waals surface area contributed by atoms with Crippen molar-refractivity contribution >= 4 is 0 Å². The highest BCUT2D eigenvalue weighted by atomic mass is 16.5. The lowest BCUT2D eigenvalue weighted by Crippen LogP contribution is -2.52. The Labute approximate surface area is 105 Å². The van der Waals surface area contributed by atoms with Crippen LogP contribution in [0.4, 0.5) is 0 Å². The van der Waals surface area contributed by atoms with Gasteiger partial charge in [0.2, 0.25) is 0 Å². The zero-order valence-electron chi connectivity index (χ0n) is 11.5. The minimum atomic E-state index is -0.175. The fraction of sp³-hybridized carbons (Fsp3) is 1.00. The van der Waals surface area contributed by atoms with E-state index in [0.29, 0.717) is 6.10 Å². The van der Waals surface area contributed by atoms with E-state index in [2.05, 4.69) is 19.3 Å². The normalized spacial score (nSPS) is 25.8. The highest BCUT2D eigenvalue weighted by molar-refractivity contribution is 4.87. The molecule has 0 aromatic rings. The number of hydrogen-bond acceptors (Lipinski definition) is 4. The minimum absolute atomic E-state index is 0.175. The average Bonchev–Trinajstić information content (AvgIpc) is 2.87. The van der Waals surface area contributed by atoms with E-state index in [9.17, 15) is 0 Å². The van der Waals surface area contributed by atoms with Gasteiger partial charge in [-0.25, -0.2) is 0 Å². The zero-order chi connectivity index (χ0) is 12.7. The van der Waals surface area contributed by atoms with E-state index >= 15 is 0 Å². The second-order valence-electron chi connectivity index (χ2n) is 5.16. The molecule has 0 amide bonds. The van der Waals surface area contributed by atoms with Gasteiger partial charge in [0, 0.05) is 19.8 Å². The lowest BCUT2D eigenvalue weighted by molar-refractivity contribution is -0.0325. The van der Waals surface area contributed by atoms with Gasteiger partial charge < -0.3 is 9.47 Å². The Morgan fingerprint density at radius 3 is 2.82 bits per heavy atom. The van der Waals surface area contributed by atoms with Crippen LogP contribution in [0.3, 0.4) is 0 Å². The quantitative estimate of drug-likeness (QED) is 0.506.